The molecule has 0 aliphatic heterocycles. The summed E-state index contributed by atoms with van der Waals surface area (Å²) in [7, 11) is 0. The van der Waals surface area contributed by atoms with E-state index >= 15 is 0 Å². The van der Waals surface area contributed by atoms with Crippen molar-refractivity contribution in [3.8, 4) is 0 Å². The van der Waals surface area contributed by atoms with Crippen molar-refractivity contribution in [3.63, 3.8) is 0 Å². The van der Waals surface area contributed by atoms with Gasteiger partial charge < -0.3 is 182 Å². The summed E-state index contributed by atoms with van der Waals surface area (Å²) in [6, 6.07) is -23.5. The molecule has 0 bridgehead atoms. The molecule has 0 saturated carbocycles. The molecule has 0 unspecified atom stereocenters. The van der Waals surface area contributed by atoms with E-state index in [4.69, 9.17) is 40.1 Å². The molecular formula is C86H138N28O34. The number of nitrogens with one attached hydrogen (secondary N) is 21. The highest BCUT2D eigenvalue weighted by Gasteiger charge is 2.41. The molecule has 19 atom stereocenters. The van der Waals surface area contributed by atoms with E-state index in [1.807, 2.05) is 21.3 Å². The van der Waals surface area contributed by atoms with Crippen LogP contribution in [0.2, 0.25) is 0 Å². The van der Waals surface area contributed by atoms with Crippen LogP contribution in [0.3, 0.4) is 0 Å². The monoisotopic (exact) mass is 2110 g/mol. The number of nitrogens with two attached hydrogens (primary N) is 7. The zero-order valence-corrected chi connectivity index (χ0v) is 82.9. The number of aliphatic hydroxyl groups is 4. The second-order valence-corrected chi connectivity index (χ2v) is 34.9. The molecular weight excluding hydrogens is 1970 g/mol. The van der Waals surface area contributed by atoms with E-state index in [1.165, 1.54) is 41.5 Å². The Hall–Kier alpha value is -15.9. The van der Waals surface area contributed by atoms with Crippen molar-refractivity contribution in [2.45, 2.75) is 261 Å². The van der Waals surface area contributed by atoms with E-state index in [0.29, 0.717) is 24.9 Å². The van der Waals surface area contributed by atoms with Crippen molar-refractivity contribution in [2.24, 2.45) is 57.9 Å². The number of primary amides is 5. The Morgan fingerprint density at radius 1 is 0.284 bits per heavy atom. The van der Waals surface area contributed by atoms with Crippen molar-refractivity contribution >= 4 is 166 Å². The first-order valence-electron chi connectivity index (χ1n) is 46.2. The molecule has 41 N–H and O–H groups in total. The minimum absolute atomic E-state index is 0.138. The Labute approximate surface area is 846 Å². The normalized spacial score (nSPS) is 14.8. The van der Waals surface area contributed by atoms with Crippen LogP contribution in [0.15, 0.2) is 30.3 Å². The molecule has 0 aromatic heterocycles. The van der Waals surface area contributed by atoms with Gasteiger partial charge in [-0.15, -0.1) is 0 Å². The molecule has 0 radical (unpaired) electrons. The molecule has 148 heavy (non-hydrogen) atoms. The molecule has 0 heterocycles. The van der Waals surface area contributed by atoms with Gasteiger partial charge in [-0.05, 0) is 83.2 Å². The molecule has 1 aromatic rings. The molecule has 62 heteroatoms. The Bertz CT molecular complexity index is 4870. The van der Waals surface area contributed by atoms with Crippen molar-refractivity contribution in [1.29, 1.82) is 0 Å². The number of unbranched alkanes of at least 4 members (excludes halogenated alkanes) is 1. The van der Waals surface area contributed by atoms with E-state index < -0.39 is 383 Å². The molecule has 62 nitrogen and oxygen atoms in total. The predicted octanol–water partition coefficient (Wildman–Crippen LogP) is -18.5. The Kier molecular flexibility index (Phi) is 58.2. The van der Waals surface area contributed by atoms with Crippen LogP contribution in [0, 0.1) is 17.8 Å². The lowest BCUT2D eigenvalue weighted by Gasteiger charge is -2.28. The van der Waals surface area contributed by atoms with E-state index in [2.05, 4.69) is 90.4 Å². The number of carbonyl (C=O) groups excluding carboxylic acids is 26. The third-order valence-corrected chi connectivity index (χ3v) is 21.2. The topological polar surface area (TPSA) is 1030 Å². The third kappa shape index (κ3) is 49.6. The number of benzene rings is 1. The van der Waals surface area contributed by atoms with Crippen molar-refractivity contribution < 1.29 is 165 Å². The van der Waals surface area contributed by atoms with Gasteiger partial charge in [-0.25, -0.2) is 4.79 Å². The lowest BCUT2D eigenvalue weighted by Crippen LogP contribution is -2.62. The van der Waals surface area contributed by atoms with Gasteiger partial charge in [-0.3, -0.25) is 129 Å². The zero-order valence-electron chi connectivity index (χ0n) is 82.9. The number of carboxylic acids is 2. The number of hydrogen-bond acceptors (Lipinski definition) is 34. The minimum atomic E-state index is -2.16. The van der Waals surface area contributed by atoms with Crippen LogP contribution in [0.25, 0.3) is 0 Å². The number of rotatable bonds is 70. The van der Waals surface area contributed by atoms with Crippen LogP contribution in [0.5, 0.6) is 0 Å². The van der Waals surface area contributed by atoms with E-state index in [1.54, 1.807) is 30.3 Å². The summed E-state index contributed by atoms with van der Waals surface area (Å²) in [6.45, 7) is 5.59. The first kappa shape index (κ1) is 130. The van der Waals surface area contributed by atoms with E-state index in [9.17, 15) is 165 Å². The van der Waals surface area contributed by atoms with Crippen LogP contribution in [0.4, 0.5) is 0 Å². The average Bonchev–Trinajstić information content (AvgIpc) is 0.853. The first-order valence-corrected chi connectivity index (χ1v) is 46.2. The van der Waals surface area contributed by atoms with E-state index in [0.717, 1.165) is 27.7 Å². The van der Waals surface area contributed by atoms with Gasteiger partial charge in [0.25, 0.3) is 0 Å². The lowest BCUT2D eigenvalue weighted by molar-refractivity contribution is -0.144. The number of hydrogen-bond donors (Lipinski definition) is 34. The smallest absolute Gasteiger partial charge is 0.326 e. The van der Waals surface area contributed by atoms with Gasteiger partial charge in [-0.2, -0.15) is 0 Å². The largest absolute Gasteiger partial charge is 0.481 e. The molecule has 0 saturated heterocycles. The van der Waals surface area contributed by atoms with Crippen LogP contribution < -0.4 is 152 Å². The maximum atomic E-state index is 14.0. The molecule has 0 spiro atoms. The molecule has 826 valence electrons. The zero-order chi connectivity index (χ0) is 113. The quantitative estimate of drug-likeness (QED) is 0.0269. The summed E-state index contributed by atoms with van der Waals surface area (Å²) in [4.78, 5) is 366. The maximum absolute atomic E-state index is 14.0. The Morgan fingerprint density at radius 2 is 0.581 bits per heavy atom. The third-order valence-electron chi connectivity index (χ3n) is 21.2. The molecule has 0 fully saturated rings. The van der Waals surface area contributed by atoms with Crippen LogP contribution in [-0.4, -0.2) is 364 Å². The van der Waals surface area contributed by atoms with Crippen LogP contribution in [0.1, 0.15) is 145 Å². The molecule has 26 amide bonds. The van der Waals surface area contributed by atoms with Crippen LogP contribution in [-0.2, 0) is 141 Å². The van der Waals surface area contributed by atoms with Crippen molar-refractivity contribution in [1.82, 2.24) is 112 Å². The van der Waals surface area contributed by atoms with Gasteiger partial charge in [0.2, 0.25) is 154 Å². The maximum Gasteiger partial charge on any atom is 0.326 e. The number of aliphatic hydroxyl groups excluding tert-OH is 4. The molecule has 0 aliphatic rings. The highest BCUT2D eigenvalue weighted by molar-refractivity contribution is 6.04. The van der Waals surface area contributed by atoms with E-state index in [-0.39, 0.29) is 25.7 Å². The van der Waals surface area contributed by atoms with Crippen LogP contribution >= 0.6 is 0 Å². The summed E-state index contributed by atoms with van der Waals surface area (Å²) in [5.41, 5.74) is 38.6. The minimum Gasteiger partial charge on any atom is -0.481 e. The van der Waals surface area contributed by atoms with Crippen molar-refractivity contribution in [3.05, 3.63) is 35.9 Å². The second-order valence-electron chi connectivity index (χ2n) is 34.9. The SMILES string of the molecule is CC(C)[C@H](NC(=O)[C@H](CC(N)=O)NC(=O)[C@@H](NC(=O)[C@H](CO)NC(=O)[C@H](CO)NC(=O)[C@H](CC(N)=O)NC(=O)[C@H](CO)NC(=O)[C@H](C)NC(=O)[C@@H](NC(=O)[C@H](CCC(N)=O)NC(=O)[C@H](CC(=O)O)NC(=O)[C@@H](NC(=O)[C@H](C)NC(=O)[C@H](C)NC(=O)CNC(=O)[C@H](CC(N)=O)NC(=O)CNC(=O)CNC(=O)CNC(=O)[C@H](Cc1ccccc1)NC(=O)[C@H](CCC(N)=O)NC(=O)[C@@H](N)CCCCN)C(C)C)[C@@H](C)O)C(C)C)C(=O)O. The summed E-state index contributed by atoms with van der Waals surface area (Å²) < 4.78 is 0. The van der Waals surface area contributed by atoms with Gasteiger partial charge in [0.1, 0.15) is 103 Å². The number of amides is 26. The average molecular weight is 2110 g/mol. The summed E-state index contributed by atoms with van der Waals surface area (Å²) in [6.07, 6.45) is -6.97. The fourth-order valence-electron chi connectivity index (χ4n) is 12.9. The first-order chi connectivity index (χ1) is 69.1. The lowest BCUT2D eigenvalue weighted by atomic mass is 10.0. The summed E-state index contributed by atoms with van der Waals surface area (Å²) in [5.74, 6) is -36.1. The summed E-state index contributed by atoms with van der Waals surface area (Å²) in [5, 5.41) is 107. The summed E-state index contributed by atoms with van der Waals surface area (Å²) >= 11 is 0. The molecule has 1 rings (SSSR count). The number of carboxylic acid groups (broad SMARTS) is 2. The van der Waals surface area contributed by atoms with Gasteiger partial charge in [0.15, 0.2) is 0 Å². The Morgan fingerprint density at radius 3 is 1.00 bits per heavy atom. The number of aliphatic carboxylic acids is 2. The van der Waals surface area contributed by atoms with Gasteiger partial charge in [0.05, 0.1) is 83.8 Å². The Balaban J connectivity index is 3.13. The van der Waals surface area contributed by atoms with Gasteiger partial charge in [0, 0.05) is 19.3 Å². The fourth-order valence-corrected chi connectivity index (χ4v) is 12.9. The molecule has 0 aliphatic carbocycles. The van der Waals surface area contributed by atoms with Gasteiger partial charge in [-0.1, -0.05) is 78.3 Å². The highest BCUT2D eigenvalue weighted by atomic mass is 16.4. The fraction of sp³-hybridized carbons (Fsp3) is 0.605. The number of carbonyl (C=O) groups is 28. The highest BCUT2D eigenvalue weighted by Crippen LogP contribution is 2.14. The van der Waals surface area contributed by atoms with Gasteiger partial charge >= 0.3 is 11.9 Å². The van der Waals surface area contributed by atoms with Crippen molar-refractivity contribution in [2.75, 3.05) is 52.5 Å². The molecule has 1 aromatic carbocycles. The predicted molar refractivity (Wildman–Crippen MR) is 509 cm³/mol. The second kappa shape index (κ2) is 66.2. The standard InChI is InChI=1S/C86H138N28O34/c1-36(2)65(111-71(132)41(9)99-69(130)39(7)98-62(126)32-97-74(135)48(25-57(91)121)101-63(127)31-95-60(124)29-94-61(125)30-96-73(134)47(24-43-16-12-11-13-17-43)104-75(136)45(19-21-55(89)119)102-72(133)44(88)18-14-15-23-87)83(144)107-51(28-64(128)129)78(139)103-46(20-22-56(90)120)76(137)114-68(42(10)118)85(146)100-40(8)70(131)108-52(33-115)80(141)105-49(26-58(92)122)77(138)109-53(34-116)81(142)110-54(35-117)82(143)112-66(37(3)4)84(145)106-50(27-59(93)123)79(140)113-67(38(5)6)86(147)148/h11-13,16-17,36-42,44-54,65-68,115-118H,14-15,18-35,87-88H2,1-10H3,(H2,89,119)(H2,90,120)(H2,91,121)(H2,92,122)(H2,93,123)(H,94,125)(H,95,124)(H,96,134)(H,97,135)(H,98,126)(H,99,130)(H,100,146)(H,101,127)(H,102,133)(H,103,139)(H,104,136)(H,105,141)(H,106,145)(H,107,144)(H,108,131)(H,109,138)(H,110,142)(H,111,132)(H,112,143)(H,113,140)(H,114,137)(H,128,129)(H,147,148)/t39-,40-,41-,42+,44-,45-,46-,47-,48-,49-,50-,51-,52-,53-,54-,65-,66-,67-,68-/m0/s1.